The van der Waals surface area contributed by atoms with Crippen molar-refractivity contribution in [2.45, 2.75) is 18.9 Å². The molecular formula is C17H19Cl2N5O2. The van der Waals surface area contributed by atoms with Crippen molar-refractivity contribution in [3.63, 3.8) is 0 Å². The number of halogens is 2. The van der Waals surface area contributed by atoms with Crippen LogP contribution in [0.2, 0.25) is 10.0 Å². The van der Waals surface area contributed by atoms with Crippen LogP contribution in [0, 0.1) is 0 Å². The molecule has 0 bridgehead atoms. The molecule has 1 saturated heterocycles. The van der Waals surface area contributed by atoms with E-state index in [1.165, 1.54) is 11.1 Å². The lowest BCUT2D eigenvalue weighted by Gasteiger charge is -2.24. The Balaban J connectivity index is 1.80. The highest BCUT2D eigenvalue weighted by Gasteiger charge is 2.26. The first-order valence-corrected chi connectivity index (χ1v) is 9.01. The number of amides is 2. The van der Waals surface area contributed by atoms with Crippen LogP contribution < -0.4 is 15.5 Å². The van der Waals surface area contributed by atoms with Crippen LogP contribution in [0.3, 0.4) is 0 Å². The summed E-state index contributed by atoms with van der Waals surface area (Å²) >= 11 is 12.2. The molecule has 0 radical (unpaired) electrons. The summed E-state index contributed by atoms with van der Waals surface area (Å²) in [7, 11) is 1.55. The summed E-state index contributed by atoms with van der Waals surface area (Å²) in [6.45, 7) is 1.73. The predicted molar refractivity (Wildman–Crippen MR) is 101 cm³/mol. The van der Waals surface area contributed by atoms with Gasteiger partial charge >= 0.3 is 0 Å². The topological polar surface area (TPSA) is 90.1 Å². The fourth-order valence-electron chi connectivity index (χ4n) is 2.90. The molecule has 1 aromatic heterocycles. The van der Waals surface area contributed by atoms with Gasteiger partial charge in [0.1, 0.15) is 5.69 Å². The lowest BCUT2D eigenvalue weighted by Crippen LogP contribution is -2.43. The maximum atomic E-state index is 12.8. The number of rotatable bonds is 4. The van der Waals surface area contributed by atoms with Gasteiger partial charge in [0, 0.05) is 13.1 Å². The van der Waals surface area contributed by atoms with E-state index in [2.05, 4.69) is 20.8 Å². The van der Waals surface area contributed by atoms with E-state index in [1.54, 1.807) is 25.2 Å². The smallest absolute Gasteiger partial charge is 0.271 e. The molecule has 0 saturated carbocycles. The minimum Gasteiger partial charge on any atom is -0.348 e. The van der Waals surface area contributed by atoms with Crippen LogP contribution in [0.5, 0.6) is 0 Å². The van der Waals surface area contributed by atoms with E-state index in [0.717, 1.165) is 25.9 Å². The van der Waals surface area contributed by atoms with E-state index in [-0.39, 0.29) is 33.3 Å². The normalized spacial score (nSPS) is 14.9. The maximum Gasteiger partial charge on any atom is 0.271 e. The molecule has 0 aliphatic carbocycles. The highest BCUT2D eigenvalue weighted by Crippen LogP contribution is 2.28. The zero-order chi connectivity index (χ0) is 18.7. The van der Waals surface area contributed by atoms with Gasteiger partial charge in [-0.05, 0) is 38.1 Å². The lowest BCUT2D eigenvalue weighted by molar-refractivity contribution is 0.0925. The Bertz CT molecular complexity index is 797. The summed E-state index contributed by atoms with van der Waals surface area (Å²) in [6, 6.07) is 4.94. The van der Waals surface area contributed by atoms with Gasteiger partial charge in [0.15, 0.2) is 0 Å². The van der Waals surface area contributed by atoms with Crippen LogP contribution in [0.1, 0.15) is 33.7 Å². The monoisotopic (exact) mass is 395 g/mol. The second-order valence-electron chi connectivity index (χ2n) is 6.09. The van der Waals surface area contributed by atoms with Crippen molar-refractivity contribution in [3.8, 4) is 0 Å². The number of anilines is 1. The van der Waals surface area contributed by atoms with Gasteiger partial charge in [-0.1, -0.05) is 29.3 Å². The van der Waals surface area contributed by atoms with Crippen molar-refractivity contribution in [1.82, 2.24) is 20.8 Å². The lowest BCUT2D eigenvalue weighted by atomic mass is 10.1. The number of piperidine rings is 1. The third-order valence-corrected chi connectivity index (χ3v) is 4.99. The molecule has 2 heterocycles. The molecule has 0 atom stereocenters. The summed E-state index contributed by atoms with van der Waals surface area (Å²) in [5.41, 5.74) is 0.768. The molecule has 0 unspecified atom stereocenters. The van der Waals surface area contributed by atoms with Crippen LogP contribution in [0.4, 0.5) is 5.69 Å². The SMILES string of the molecule is CN(C(=O)c1c(Cl)cccc1Cl)c1cn[nH]c1C(=O)NC1CCNCC1. The molecule has 7 nitrogen and oxygen atoms in total. The number of hydrogen-bond donors (Lipinski definition) is 3. The molecule has 1 fully saturated rings. The Morgan fingerprint density at radius 2 is 1.88 bits per heavy atom. The number of carbonyl (C=O) groups is 2. The molecule has 1 aliphatic heterocycles. The van der Waals surface area contributed by atoms with Gasteiger partial charge in [0.2, 0.25) is 0 Å². The third-order valence-electron chi connectivity index (χ3n) is 4.36. The summed E-state index contributed by atoms with van der Waals surface area (Å²) < 4.78 is 0. The van der Waals surface area contributed by atoms with Crippen LogP contribution >= 0.6 is 23.2 Å². The molecule has 3 rings (SSSR count). The van der Waals surface area contributed by atoms with Gasteiger partial charge in [-0.2, -0.15) is 5.10 Å². The van der Waals surface area contributed by atoms with E-state index in [9.17, 15) is 9.59 Å². The summed E-state index contributed by atoms with van der Waals surface area (Å²) in [5.74, 6) is -0.716. The van der Waals surface area contributed by atoms with Gasteiger partial charge in [-0.15, -0.1) is 0 Å². The molecule has 2 amide bonds. The highest BCUT2D eigenvalue weighted by atomic mass is 35.5. The third kappa shape index (κ3) is 3.85. The number of aromatic amines is 1. The molecule has 2 aromatic rings. The molecule has 3 N–H and O–H groups in total. The van der Waals surface area contributed by atoms with E-state index in [0.29, 0.717) is 5.69 Å². The van der Waals surface area contributed by atoms with Crippen molar-refractivity contribution in [2.75, 3.05) is 25.0 Å². The Labute approximate surface area is 161 Å². The summed E-state index contributed by atoms with van der Waals surface area (Å²) in [5, 5.41) is 13.3. The van der Waals surface area contributed by atoms with Crippen molar-refractivity contribution in [1.29, 1.82) is 0 Å². The minimum atomic E-state index is -0.419. The second kappa shape index (κ2) is 8.07. The molecule has 0 spiro atoms. The number of H-pyrrole nitrogens is 1. The average Bonchev–Trinajstić information content (AvgIpc) is 3.11. The minimum absolute atomic E-state index is 0.0962. The fraction of sp³-hybridized carbons (Fsp3) is 0.353. The molecule has 1 aliphatic rings. The Kier molecular flexibility index (Phi) is 5.80. The molecule has 26 heavy (non-hydrogen) atoms. The number of carbonyl (C=O) groups excluding carboxylic acids is 2. The number of benzene rings is 1. The number of nitrogens with one attached hydrogen (secondary N) is 3. The first-order valence-electron chi connectivity index (χ1n) is 8.26. The van der Waals surface area contributed by atoms with Gasteiger partial charge in [-0.3, -0.25) is 14.7 Å². The number of hydrogen-bond acceptors (Lipinski definition) is 4. The van der Waals surface area contributed by atoms with Gasteiger partial charge in [0.25, 0.3) is 11.8 Å². The standard InChI is InChI=1S/C17H19Cl2N5O2/c1-24(17(26)14-11(18)3-2-4-12(14)19)13-9-21-23-15(13)16(25)22-10-5-7-20-8-6-10/h2-4,9-10,20H,5-8H2,1H3,(H,21,23)(H,22,25). The van der Waals surface area contributed by atoms with E-state index in [4.69, 9.17) is 23.2 Å². The van der Waals surface area contributed by atoms with Crippen LogP contribution in [-0.2, 0) is 0 Å². The van der Waals surface area contributed by atoms with Crippen LogP contribution in [0.15, 0.2) is 24.4 Å². The number of aromatic nitrogens is 2. The molecule has 138 valence electrons. The fourth-order valence-corrected chi connectivity index (χ4v) is 3.46. The van der Waals surface area contributed by atoms with Crippen LogP contribution in [0.25, 0.3) is 0 Å². The predicted octanol–water partition coefficient (Wildman–Crippen LogP) is 2.47. The quantitative estimate of drug-likeness (QED) is 0.741. The summed E-state index contributed by atoms with van der Waals surface area (Å²) in [4.78, 5) is 26.7. The highest BCUT2D eigenvalue weighted by molar-refractivity contribution is 6.40. The van der Waals surface area contributed by atoms with Crippen molar-refractivity contribution < 1.29 is 9.59 Å². The summed E-state index contributed by atoms with van der Waals surface area (Å²) in [6.07, 6.45) is 3.15. The van der Waals surface area contributed by atoms with Crippen LogP contribution in [-0.4, -0.2) is 48.2 Å². The van der Waals surface area contributed by atoms with Gasteiger partial charge in [-0.25, -0.2) is 0 Å². The maximum absolute atomic E-state index is 12.8. The average molecular weight is 396 g/mol. The van der Waals surface area contributed by atoms with E-state index in [1.807, 2.05) is 0 Å². The molecular weight excluding hydrogens is 377 g/mol. The van der Waals surface area contributed by atoms with E-state index >= 15 is 0 Å². The van der Waals surface area contributed by atoms with Crippen molar-refractivity contribution in [2.24, 2.45) is 0 Å². The number of nitrogens with zero attached hydrogens (tertiary/aromatic N) is 2. The first kappa shape index (κ1) is 18.7. The first-order chi connectivity index (χ1) is 12.5. The zero-order valence-corrected chi connectivity index (χ0v) is 15.7. The van der Waals surface area contributed by atoms with Gasteiger partial charge < -0.3 is 15.5 Å². The molecule has 1 aromatic carbocycles. The zero-order valence-electron chi connectivity index (χ0n) is 14.2. The second-order valence-corrected chi connectivity index (χ2v) is 6.90. The Morgan fingerprint density at radius 1 is 1.23 bits per heavy atom. The Morgan fingerprint density at radius 3 is 2.54 bits per heavy atom. The largest absolute Gasteiger partial charge is 0.348 e. The van der Waals surface area contributed by atoms with Gasteiger partial charge in [0.05, 0.1) is 27.5 Å². The van der Waals surface area contributed by atoms with E-state index < -0.39 is 5.91 Å². The Hall–Kier alpha value is -2.09. The molecule has 9 heteroatoms. The van der Waals surface area contributed by atoms with Crippen molar-refractivity contribution in [3.05, 3.63) is 45.7 Å². The van der Waals surface area contributed by atoms with Crippen molar-refractivity contribution >= 4 is 40.7 Å².